The molecule has 1 aliphatic rings. The van der Waals surface area contributed by atoms with Gasteiger partial charge in [0.25, 0.3) is 0 Å². The van der Waals surface area contributed by atoms with E-state index in [4.69, 9.17) is 0 Å². The quantitative estimate of drug-likeness (QED) is 0.827. The Labute approximate surface area is 95.6 Å². The molecule has 0 fully saturated rings. The molecule has 3 nitrogen and oxygen atoms in total. The van der Waals surface area contributed by atoms with Crippen LogP contribution in [0.3, 0.4) is 0 Å². The lowest BCUT2D eigenvalue weighted by atomic mass is 10.0. The number of amides is 1. The Kier molecular flexibility index (Phi) is 3.34. The van der Waals surface area contributed by atoms with Crippen molar-refractivity contribution in [1.29, 1.82) is 0 Å². The van der Waals surface area contributed by atoms with Crippen molar-refractivity contribution in [2.75, 3.05) is 0 Å². The summed E-state index contributed by atoms with van der Waals surface area (Å²) in [4.78, 5) is 11.0. The van der Waals surface area contributed by atoms with Crippen LogP contribution in [0.4, 0.5) is 0 Å². The molecule has 0 aromatic heterocycles. The number of carbonyl (C=O) groups excluding carboxylic acids is 1. The van der Waals surface area contributed by atoms with Gasteiger partial charge < -0.3 is 0 Å². The van der Waals surface area contributed by atoms with Gasteiger partial charge in [0.2, 0.25) is 5.91 Å². The average molecular weight is 216 g/mol. The van der Waals surface area contributed by atoms with Crippen LogP contribution in [0.5, 0.6) is 0 Å². The van der Waals surface area contributed by atoms with Gasteiger partial charge >= 0.3 is 0 Å². The fourth-order valence-electron chi connectivity index (χ4n) is 1.83. The molecule has 84 valence electrons. The van der Waals surface area contributed by atoms with E-state index in [1.807, 2.05) is 0 Å². The van der Waals surface area contributed by atoms with Gasteiger partial charge in [0, 0.05) is 12.8 Å². The summed E-state index contributed by atoms with van der Waals surface area (Å²) in [5.41, 5.74) is 5.96. The fraction of sp³-hybridized carbons (Fsp3) is 0.385. The second-order valence-electron chi connectivity index (χ2n) is 4.04. The van der Waals surface area contributed by atoms with E-state index in [1.165, 1.54) is 5.56 Å². The number of hydrogen-bond donors (Lipinski definition) is 1. The lowest BCUT2D eigenvalue weighted by Gasteiger charge is -2.12. The zero-order valence-corrected chi connectivity index (χ0v) is 9.49. The molecule has 0 bridgehead atoms. The molecule has 0 aliphatic carbocycles. The number of nitrogens with one attached hydrogen (secondary N) is 1. The first-order valence-corrected chi connectivity index (χ1v) is 5.74. The van der Waals surface area contributed by atoms with Gasteiger partial charge in [-0.15, -0.1) is 0 Å². The Bertz CT molecular complexity index is 406. The van der Waals surface area contributed by atoms with Crippen molar-refractivity contribution in [3.63, 3.8) is 0 Å². The monoisotopic (exact) mass is 216 g/mol. The molecule has 1 heterocycles. The van der Waals surface area contributed by atoms with Crippen molar-refractivity contribution in [3.8, 4) is 0 Å². The summed E-state index contributed by atoms with van der Waals surface area (Å²) >= 11 is 0. The van der Waals surface area contributed by atoms with E-state index in [2.05, 4.69) is 41.7 Å². The molecule has 1 aromatic carbocycles. The van der Waals surface area contributed by atoms with E-state index in [0.29, 0.717) is 6.42 Å². The second kappa shape index (κ2) is 4.92. The van der Waals surface area contributed by atoms with Crippen molar-refractivity contribution in [2.45, 2.75) is 32.6 Å². The summed E-state index contributed by atoms with van der Waals surface area (Å²) in [5.74, 6) is 0.00588. The highest BCUT2D eigenvalue weighted by Crippen LogP contribution is 2.12. The summed E-state index contributed by atoms with van der Waals surface area (Å²) < 4.78 is 0. The molecule has 0 radical (unpaired) electrons. The predicted octanol–water partition coefficient (Wildman–Crippen LogP) is 2.25. The first-order chi connectivity index (χ1) is 7.79. The Morgan fingerprint density at radius 3 is 2.56 bits per heavy atom. The van der Waals surface area contributed by atoms with E-state index in [0.717, 1.165) is 30.5 Å². The summed E-state index contributed by atoms with van der Waals surface area (Å²) in [7, 11) is 0. The van der Waals surface area contributed by atoms with E-state index in [1.54, 1.807) is 0 Å². The van der Waals surface area contributed by atoms with E-state index in [9.17, 15) is 4.79 Å². The van der Waals surface area contributed by atoms with Crippen LogP contribution >= 0.6 is 0 Å². The number of hydrogen-bond acceptors (Lipinski definition) is 2. The molecule has 3 heteroatoms. The molecule has 2 rings (SSSR count). The number of benzene rings is 1. The minimum Gasteiger partial charge on any atom is -0.273 e. The van der Waals surface area contributed by atoms with Crippen molar-refractivity contribution in [1.82, 2.24) is 5.43 Å². The minimum absolute atomic E-state index is 0.00588. The molecule has 1 aromatic rings. The average Bonchev–Trinajstić information content (AvgIpc) is 2.32. The maximum Gasteiger partial charge on any atom is 0.240 e. The van der Waals surface area contributed by atoms with E-state index < -0.39 is 0 Å². The first kappa shape index (κ1) is 10.9. The van der Waals surface area contributed by atoms with E-state index in [-0.39, 0.29) is 5.91 Å². The number of carbonyl (C=O) groups is 1. The van der Waals surface area contributed by atoms with Crippen LogP contribution < -0.4 is 5.43 Å². The van der Waals surface area contributed by atoms with Crippen molar-refractivity contribution >= 4 is 11.6 Å². The number of hydrazone groups is 1. The predicted molar refractivity (Wildman–Crippen MR) is 64.4 cm³/mol. The van der Waals surface area contributed by atoms with Gasteiger partial charge in [0.15, 0.2) is 0 Å². The summed E-state index contributed by atoms with van der Waals surface area (Å²) in [6.07, 6.45) is 3.55. The molecule has 16 heavy (non-hydrogen) atoms. The molecule has 1 amide bonds. The summed E-state index contributed by atoms with van der Waals surface area (Å²) in [6.45, 7) is 2.18. The number of aryl methyl sites for hydroxylation is 1. The van der Waals surface area contributed by atoms with Crippen LogP contribution in [0.25, 0.3) is 0 Å². The molecule has 1 N–H and O–H groups in total. The van der Waals surface area contributed by atoms with Gasteiger partial charge in [0.05, 0.1) is 5.71 Å². The van der Waals surface area contributed by atoms with Gasteiger partial charge in [-0.1, -0.05) is 37.6 Å². The van der Waals surface area contributed by atoms with Gasteiger partial charge in [-0.2, -0.15) is 5.10 Å². The largest absolute Gasteiger partial charge is 0.273 e. The Morgan fingerprint density at radius 2 is 2.00 bits per heavy atom. The number of rotatable bonds is 3. The maximum atomic E-state index is 11.0. The summed E-state index contributed by atoms with van der Waals surface area (Å²) in [6, 6.07) is 8.44. The smallest absolute Gasteiger partial charge is 0.240 e. The summed E-state index contributed by atoms with van der Waals surface area (Å²) in [5, 5.41) is 4.07. The van der Waals surface area contributed by atoms with Crippen LogP contribution in [0.2, 0.25) is 0 Å². The van der Waals surface area contributed by atoms with Gasteiger partial charge in [-0.25, -0.2) is 5.43 Å². The highest BCUT2D eigenvalue weighted by Gasteiger charge is 2.12. The minimum atomic E-state index is 0.00588. The normalized spacial score (nSPS) is 15.6. The Hall–Kier alpha value is -1.64. The first-order valence-electron chi connectivity index (χ1n) is 5.74. The molecular formula is C13H16N2O. The maximum absolute atomic E-state index is 11.0. The Balaban J connectivity index is 2.12. The van der Waals surface area contributed by atoms with Crippen LogP contribution in [0.1, 0.15) is 37.3 Å². The molecule has 0 saturated carbocycles. The highest BCUT2D eigenvalue weighted by atomic mass is 16.2. The highest BCUT2D eigenvalue weighted by molar-refractivity contribution is 6.04. The lowest BCUT2D eigenvalue weighted by Crippen LogP contribution is -2.25. The van der Waals surface area contributed by atoms with Gasteiger partial charge in [0.1, 0.15) is 0 Å². The topological polar surface area (TPSA) is 41.5 Å². The fourth-order valence-corrected chi connectivity index (χ4v) is 1.83. The molecule has 0 unspecified atom stereocenters. The molecular weight excluding hydrogens is 200 g/mol. The number of nitrogens with zero attached hydrogens (tertiary/aromatic N) is 1. The Morgan fingerprint density at radius 1 is 1.25 bits per heavy atom. The SMILES string of the molecule is CCCc1ccc(C2=NNC(=O)CC2)cc1. The van der Waals surface area contributed by atoms with Gasteiger partial charge in [-0.05, 0) is 17.5 Å². The van der Waals surface area contributed by atoms with Crippen LogP contribution in [-0.4, -0.2) is 11.6 Å². The van der Waals surface area contributed by atoms with Crippen LogP contribution in [-0.2, 0) is 11.2 Å². The van der Waals surface area contributed by atoms with Gasteiger partial charge in [-0.3, -0.25) is 4.79 Å². The zero-order valence-electron chi connectivity index (χ0n) is 9.49. The van der Waals surface area contributed by atoms with Crippen LogP contribution in [0, 0.1) is 0 Å². The molecule has 1 aliphatic heterocycles. The standard InChI is InChI=1S/C13H16N2O/c1-2-3-10-4-6-11(7-5-10)12-8-9-13(16)15-14-12/h4-7H,2-3,8-9H2,1H3,(H,15,16). The van der Waals surface area contributed by atoms with Crippen molar-refractivity contribution in [3.05, 3.63) is 35.4 Å². The third-order valence-corrected chi connectivity index (χ3v) is 2.73. The third-order valence-electron chi connectivity index (χ3n) is 2.73. The van der Waals surface area contributed by atoms with Crippen molar-refractivity contribution in [2.24, 2.45) is 5.10 Å². The zero-order chi connectivity index (χ0) is 11.4. The van der Waals surface area contributed by atoms with Crippen LogP contribution in [0.15, 0.2) is 29.4 Å². The molecule has 0 saturated heterocycles. The third kappa shape index (κ3) is 2.48. The van der Waals surface area contributed by atoms with E-state index >= 15 is 0 Å². The van der Waals surface area contributed by atoms with Crippen molar-refractivity contribution < 1.29 is 4.79 Å². The second-order valence-corrected chi connectivity index (χ2v) is 4.04. The molecule has 0 spiro atoms. The molecule has 0 atom stereocenters. The lowest BCUT2D eigenvalue weighted by molar-refractivity contribution is -0.121.